The Kier molecular flexibility index (Phi) is 7.99. The first-order valence-corrected chi connectivity index (χ1v) is 16.2. The van der Waals surface area contributed by atoms with Crippen molar-refractivity contribution in [2.45, 2.75) is 88.9 Å². The summed E-state index contributed by atoms with van der Waals surface area (Å²) in [6, 6.07) is 0.979. The predicted molar refractivity (Wildman–Crippen MR) is 155 cm³/mol. The average Bonchev–Trinajstić information content (AvgIpc) is 3.65. The fourth-order valence-corrected chi connectivity index (χ4v) is 8.08. The van der Waals surface area contributed by atoms with E-state index in [4.69, 9.17) is 19.8 Å². The molecule has 11 nitrogen and oxygen atoms in total. The van der Waals surface area contributed by atoms with Crippen molar-refractivity contribution in [3.8, 4) is 0 Å². The smallest absolute Gasteiger partial charge is 0.381 e. The third-order valence-corrected chi connectivity index (χ3v) is 10.4. The number of piperidine rings is 1. The van der Waals surface area contributed by atoms with Crippen molar-refractivity contribution in [3.05, 3.63) is 41.2 Å². The van der Waals surface area contributed by atoms with Crippen molar-refractivity contribution >= 4 is 17.6 Å². The first kappa shape index (κ1) is 31.9. The Morgan fingerprint density at radius 3 is 2.62 bits per heavy atom. The molecule has 0 bridgehead atoms. The molecular weight excluding hydrogens is 627 g/mol. The quantitative estimate of drug-likeness (QED) is 0.342. The zero-order valence-electron chi connectivity index (χ0n) is 25.9. The number of aromatic nitrogens is 6. The van der Waals surface area contributed by atoms with E-state index in [1.807, 2.05) is 6.92 Å². The lowest BCUT2D eigenvalue weighted by Crippen LogP contribution is -2.56. The van der Waals surface area contributed by atoms with Gasteiger partial charge in [-0.3, -0.25) is 14.3 Å². The molecule has 47 heavy (non-hydrogen) atoms. The lowest BCUT2D eigenvalue weighted by Gasteiger charge is -2.58. The summed E-state index contributed by atoms with van der Waals surface area (Å²) in [7, 11) is 0. The van der Waals surface area contributed by atoms with Crippen LogP contribution in [0.5, 0.6) is 0 Å². The number of imidazole rings is 1. The molecule has 0 unspecified atom stereocenters. The number of aryl methyl sites for hydroxylation is 1. The molecule has 3 aromatic rings. The van der Waals surface area contributed by atoms with Gasteiger partial charge in [-0.15, -0.1) is 0 Å². The second-order valence-corrected chi connectivity index (χ2v) is 13.7. The highest BCUT2D eigenvalue weighted by Gasteiger charge is 2.63. The van der Waals surface area contributed by atoms with Crippen molar-refractivity contribution in [1.82, 2.24) is 40.0 Å². The number of rotatable bonds is 8. The van der Waals surface area contributed by atoms with E-state index < -0.39 is 47.8 Å². The zero-order valence-corrected chi connectivity index (χ0v) is 25.9. The van der Waals surface area contributed by atoms with E-state index in [2.05, 4.69) is 15.7 Å². The van der Waals surface area contributed by atoms with E-state index in [1.54, 1.807) is 16.9 Å². The van der Waals surface area contributed by atoms with Crippen LogP contribution in [0.3, 0.4) is 0 Å². The molecule has 2 N–H and O–H groups in total. The monoisotopic (exact) mass is 664 g/mol. The molecule has 3 atom stereocenters. The number of nitrogens with zero attached hydrogens (tertiary/aromatic N) is 6. The molecule has 4 aliphatic rings. The maximum atomic E-state index is 13.8. The molecule has 0 radical (unpaired) electrons. The second-order valence-electron chi connectivity index (χ2n) is 13.7. The summed E-state index contributed by atoms with van der Waals surface area (Å²) in [4.78, 5) is 35.8. The molecule has 7 rings (SSSR count). The number of nitrogens with one attached hydrogen (secondary N) is 2. The molecular formula is C31H37F5N8O3. The van der Waals surface area contributed by atoms with Crippen LogP contribution in [0.25, 0.3) is 5.78 Å². The van der Waals surface area contributed by atoms with Gasteiger partial charge in [-0.2, -0.15) is 23.4 Å². The van der Waals surface area contributed by atoms with Gasteiger partial charge in [-0.05, 0) is 56.4 Å². The Morgan fingerprint density at radius 1 is 1.19 bits per heavy atom. The van der Waals surface area contributed by atoms with Gasteiger partial charge >= 0.3 is 6.18 Å². The van der Waals surface area contributed by atoms with Crippen LogP contribution in [0.15, 0.2) is 18.5 Å². The topological polar surface area (TPSA) is 128 Å². The number of amides is 2. The SMILES string of the molecule is CCn1nccc1C(=O)N[C@H](c1cn2nc(C[C@H]3C[C@@H](C(F)(F)F)CNC3=O)c(C3CCOCC3)nc2n1)C1CC2(C1)CC(F)(F)C2. The van der Waals surface area contributed by atoms with Crippen LogP contribution in [-0.2, 0) is 22.5 Å². The molecule has 2 saturated carbocycles. The number of hydrogen-bond donors (Lipinski definition) is 2. The Morgan fingerprint density at radius 2 is 1.94 bits per heavy atom. The first-order valence-electron chi connectivity index (χ1n) is 16.2. The number of carbonyl (C=O) groups is 2. The average molecular weight is 665 g/mol. The number of carbonyl (C=O) groups excluding carboxylic acids is 2. The van der Waals surface area contributed by atoms with Crippen LogP contribution >= 0.6 is 0 Å². The van der Waals surface area contributed by atoms with Gasteiger partial charge in [0.2, 0.25) is 11.8 Å². The Hall–Kier alpha value is -3.69. The number of alkyl halides is 5. The van der Waals surface area contributed by atoms with Gasteiger partial charge in [-0.1, -0.05) is 0 Å². The summed E-state index contributed by atoms with van der Waals surface area (Å²) in [6.45, 7) is 2.86. The van der Waals surface area contributed by atoms with Crippen LogP contribution < -0.4 is 10.6 Å². The van der Waals surface area contributed by atoms with Gasteiger partial charge in [0, 0.05) is 63.6 Å². The third-order valence-electron chi connectivity index (χ3n) is 10.4. The highest BCUT2D eigenvalue weighted by Crippen LogP contribution is 2.66. The lowest BCUT2D eigenvalue weighted by molar-refractivity contribution is -0.210. The van der Waals surface area contributed by atoms with Crippen LogP contribution in [0.1, 0.15) is 91.4 Å². The molecule has 4 fully saturated rings. The van der Waals surface area contributed by atoms with Gasteiger partial charge < -0.3 is 15.4 Å². The van der Waals surface area contributed by atoms with Crippen molar-refractivity contribution in [2.75, 3.05) is 19.8 Å². The standard InChI is InChI=1S/C31H37F5N8O3/c1-2-43-23(3-6-38-43)27(46)40-25(19-11-29(12-19)15-30(32,33)16-29)22-14-44-28(39-22)41-24(17-4-7-47-8-5-17)21(42-44)10-18-9-20(31(34,35)36)13-37-26(18)45/h3,6,14,17-20,25H,2,4-5,7-13,15-16H2,1H3,(H,37,45)(H,40,46)/t18-,20-,25+/m1/s1. The minimum atomic E-state index is -4.44. The maximum Gasteiger partial charge on any atom is 0.393 e. The summed E-state index contributed by atoms with van der Waals surface area (Å²) in [5.41, 5.74) is 1.36. The van der Waals surface area contributed by atoms with E-state index in [-0.39, 0.29) is 49.2 Å². The van der Waals surface area contributed by atoms with Crippen molar-refractivity contribution in [1.29, 1.82) is 0 Å². The van der Waals surface area contributed by atoms with Gasteiger partial charge in [0.05, 0.1) is 35.2 Å². The zero-order chi connectivity index (χ0) is 33.1. The molecule has 2 aliphatic heterocycles. The minimum absolute atomic E-state index is 0.0257. The fraction of sp³-hybridized carbons (Fsp3) is 0.677. The number of ether oxygens (including phenoxy) is 1. The van der Waals surface area contributed by atoms with E-state index in [1.165, 1.54) is 10.7 Å². The molecule has 3 aromatic heterocycles. The maximum absolute atomic E-state index is 13.8. The third kappa shape index (κ3) is 6.20. The van der Waals surface area contributed by atoms with E-state index in [9.17, 15) is 31.5 Å². The van der Waals surface area contributed by atoms with Crippen LogP contribution in [0.2, 0.25) is 0 Å². The van der Waals surface area contributed by atoms with Gasteiger partial charge in [0.15, 0.2) is 0 Å². The largest absolute Gasteiger partial charge is 0.393 e. The highest BCUT2D eigenvalue weighted by molar-refractivity contribution is 5.92. The van der Waals surface area contributed by atoms with Gasteiger partial charge in [-0.25, -0.2) is 23.3 Å². The summed E-state index contributed by atoms with van der Waals surface area (Å²) in [6.07, 6.45) is 0.281. The molecule has 2 amide bonds. The van der Waals surface area contributed by atoms with Crippen LogP contribution in [-0.4, -0.2) is 73.0 Å². The lowest BCUT2D eigenvalue weighted by atomic mass is 9.49. The molecule has 2 saturated heterocycles. The summed E-state index contributed by atoms with van der Waals surface area (Å²) in [5.74, 6) is -6.08. The predicted octanol–water partition coefficient (Wildman–Crippen LogP) is 4.39. The number of fused-ring (bicyclic) bond motifs is 1. The summed E-state index contributed by atoms with van der Waals surface area (Å²) >= 11 is 0. The van der Waals surface area contributed by atoms with E-state index >= 15 is 0 Å². The highest BCUT2D eigenvalue weighted by atomic mass is 19.4. The van der Waals surface area contributed by atoms with Crippen molar-refractivity contribution in [2.24, 2.45) is 23.2 Å². The first-order chi connectivity index (χ1) is 22.3. The van der Waals surface area contributed by atoms with Gasteiger partial charge in [0.25, 0.3) is 11.7 Å². The van der Waals surface area contributed by atoms with Gasteiger partial charge in [0.1, 0.15) is 5.69 Å². The normalized spacial score (nSPS) is 25.3. The molecule has 0 aromatic carbocycles. The number of halogens is 5. The Bertz CT molecular complexity index is 1650. The number of hydrogen-bond acceptors (Lipinski definition) is 7. The molecule has 5 heterocycles. The molecule has 2 aliphatic carbocycles. The van der Waals surface area contributed by atoms with Crippen LogP contribution in [0.4, 0.5) is 22.0 Å². The fourth-order valence-electron chi connectivity index (χ4n) is 8.08. The van der Waals surface area contributed by atoms with E-state index in [0.717, 1.165) is 0 Å². The van der Waals surface area contributed by atoms with Crippen molar-refractivity contribution < 1.29 is 36.3 Å². The summed E-state index contributed by atoms with van der Waals surface area (Å²) in [5, 5.41) is 14.4. The Balaban J connectivity index is 1.22. The van der Waals surface area contributed by atoms with Crippen LogP contribution in [0, 0.1) is 23.2 Å². The minimum Gasteiger partial charge on any atom is -0.381 e. The molecule has 254 valence electrons. The Labute approximate surface area is 267 Å². The van der Waals surface area contributed by atoms with E-state index in [0.29, 0.717) is 68.2 Å². The van der Waals surface area contributed by atoms with Crippen molar-refractivity contribution in [3.63, 3.8) is 0 Å². The second kappa shape index (κ2) is 11.8. The molecule has 16 heteroatoms. The summed E-state index contributed by atoms with van der Waals surface area (Å²) < 4.78 is 77.0. The molecule has 1 spiro atoms.